The van der Waals surface area contributed by atoms with Gasteiger partial charge < -0.3 is 16.0 Å². The summed E-state index contributed by atoms with van der Waals surface area (Å²) in [5, 5.41) is 5.28. The number of carbonyl (C=O) groups is 2. The van der Waals surface area contributed by atoms with Crippen LogP contribution in [0.25, 0.3) is 0 Å². The fraction of sp³-hybridized carbons (Fsp3) is 0.389. The first-order valence-electron chi connectivity index (χ1n) is 8.48. The molecule has 1 aromatic heterocycles. The summed E-state index contributed by atoms with van der Waals surface area (Å²) in [5.41, 5.74) is 7.54. The molecule has 0 aliphatic carbocycles. The number of nitrogens with two attached hydrogens (primary N) is 1. The predicted molar refractivity (Wildman–Crippen MR) is 97.4 cm³/mol. The minimum absolute atomic E-state index is 0.0899. The highest BCUT2D eigenvalue weighted by Gasteiger charge is 2.18. The van der Waals surface area contributed by atoms with Gasteiger partial charge in [0, 0.05) is 37.1 Å². The van der Waals surface area contributed by atoms with Crippen molar-refractivity contribution in [2.24, 2.45) is 5.73 Å². The molecule has 0 bridgehead atoms. The largest absolute Gasteiger partial charge is 0.347 e. The molecule has 0 unspecified atom stereocenters. The van der Waals surface area contributed by atoms with E-state index in [1.54, 1.807) is 5.38 Å². The van der Waals surface area contributed by atoms with Crippen LogP contribution in [0.4, 0.5) is 0 Å². The lowest BCUT2D eigenvalue weighted by Crippen LogP contribution is -2.35. The van der Waals surface area contributed by atoms with Crippen molar-refractivity contribution in [3.63, 3.8) is 0 Å². The number of nitrogens with one attached hydrogen (secondary N) is 1. The first kappa shape index (κ1) is 17.6. The van der Waals surface area contributed by atoms with Crippen molar-refractivity contribution in [3.05, 3.63) is 51.5 Å². The predicted octanol–water partition coefficient (Wildman–Crippen LogP) is 2.16. The van der Waals surface area contributed by atoms with Gasteiger partial charge in [-0.2, -0.15) is 0 Å². The molecule has 0 atom stereocenters. The Hall–Kier alpha value is -2.25. The van der Waals surface area contributed by atoms with E-state index in [4.69, 9.17) is 5.73 Å². The minimum Gasteiger partial charge on any atom is -0.347 e. The molecule has 2 heterocycles. The van der Waals surface area contributed by atoms with E-state index < -0.39 is 0 Å². The quantitative estimate of drug-likeness (QED) is 0.857. The Labute approximate surface area is 151 Å². The summed E-state index contributed by atoms with van der Waals surface area (Å²) in [6, 6.07) is 7.41. The third-order valence-corrected chi connectivity index (χ3v) is 5.13. The van der Waals surface area contributed by atoms with E-state index in [1.165, 1.54) is 17.8 Å². The molecular formula is C18H22N4O2S. The van der Waals surface area contributed by atoms with Gasteiger partial charge in [0.05, 0.1) is 0 Å². The highest BCUT2D eigenvalue weighted by Crippen LogP contribution is 2.14. The molecular weight excluding hydrogens is 336 g/mol. The highest BCUT2D eigenvalue weighted by atomic mass is 32.1. The van der Waals surface area contributed by atoms with Gasteiger partial charge in [0.1, 0.15) is 10.7 Å². The molecule has 7 heteroatoms. The average molecular weight is 358 g/mol. The van der Waals surface area contributed by atoms with Gasteiger partial charge >= 0.3 is 0 Å². The zero-order valence-corrected chi connectivity index (χ0v) is 14.8. The molecule has 1 saturated heterocycles. The third-order valence-electron chi connectivity index (χ3n) is 4.26. The monoisotopic (exact) mass is 358 g/mol. The van der Waals surface area contributed by atoms with Crippen LogP contribution in [0.3, 0.4) is 0 Å². The number of rotatable bonds is 5. The van der Waals surface area contributed by atoms with Gasteiger partial charge in [-0.1, -0.05) is 12.1 Å². The second-order valence-electron chi connectivity index (χ2n) is 6.06. The summed E-state index contributed by atoms with van der Waals surface area (Å²) in [5.74, 6) is -0.128. The normalized spacial score (nSPS) is 14.4. The Morgan fingerprint density at radius 2 is 1.88 bits per heavy atom. The van der Waals surface area contributed by atoms with Gasteiger partial charge in [-0.25, -0.2) is 4.98 Å². The minimum atomic E-state index is -0.218. The van der Waals surface area contributed by atoms with Crippen molar-refractivity contribution in [3.8, 4) is 0 Å². The zero-order valence-electron chi connectivity index (χ0n) is 14.0. The van der Waals surface area contributed by atoms with Crippen LogP contribution in [-0.2, 0) is 13.1 Å². The lowest BCUT2D eigenvalue weighted by Gasteiger charge is -2.26. The van der Waals surface area contributed by atoms with E-state index >= 15 is 0 Å². The maximum absolute atomic E-state index is 12.4. The van der Waals surface area contributed by atoms with Gasteiger partial charge in [0.25, 0.3) is 11.8 Å². The number of thiazole rings is 1. The summed E-state index contributed by atoms with van der Waals surface area (Å²) in [7, 11) is 0. The summed E-state index contributed by atoms with van der Waals surface area (Å²) in [4.78, 5) is 30.6. The average Bonchev–Trinajstić information content (AvgIpc) is 3.16. The molecule has 132 valence electrons. The van der Waals surface area contributed by atoms with E-state index in [1.807, 2.05) is 29.2 Å². The van der Waals surface area contributed by atoms with Crippen molar-refractivity contribution >= 4 is 23.2 Å². The molecule has 1 aliphatic rings. The van der Waals surface area contributed by atoms with Crippen LogP contribution < -0.4 is 11.1 Å². The van der Waals surface area contributed by atoms with Crippen molar-refractivity contribution in [1.82, 2.24) is 15.2 Å². The Balaban J connectivity index is 1.55. The number of aromatic nitrogens is 1. The van der Waals surface area contributed by atoms with E-state index in [0.717, 1.165) is 36.5 Å². The van der Waals surface area contributed by atoms with Gasteiger partial charge in [0.15, 0.2) is 0 Å². The molecule has 3 N–H and O–H groups in total. The fourth-order valence-corrected chi connectivity index (χ4v) is 3.48. The molecule has 3 rings (SSSR count). The number of carbonyl (C=O) groups excluding carboxylic acids is 2. The maximum Gasteiger partial charge on any atom is 0.271 e. The lowest BCUT2D eigenvalue weighted by atomic mass is 10.1. The first-order valence-corrected chi connectivity index (χ1v) is 9.36. The number of likely N-dealkylation sites (tertiary alicyclic amines) is 1. The molecule has 0 radical (unpaired) electrons. The van der Waals surface area contributed by atoms with Crippen molar-refractivity contribution in [1.29, 1.82) is 0 Å². The number of piperidine rings is 1. The summed E-state index contributed by atoms with van der Waals surface area (Å²) < 4.78 is 0. The smallest absolute Gasteiger partial charge is 0.271 e. The van der Waals surface area contributed by atoms with Crippen LogP contribution in [0.1, 0.15) is 50.7 Å². The molecule has 25 heavy (non-hydrogen) atoms. The van der Waals surface area contributed by atoms with E-state index in [9.17, 15) is 9.59 Å². The lowest BCUT2D eigenvalue weighted by molar-refractivity contribution is 0.0724. The number of benzene rings is 1. The summed E-state index contributed by atoms with van der Waals surface area (Å²) >= 11 is 1.38. The van der Waals surface area contributed by atoms with Gasteiger partial charge in [0.2, 0.25) is 0 Å². The van der Waals surface area contributed by atoms with Crippen molar-refractivity contribution < 1.29 is 9.59 Å². The second-order valence-corrected chi connectivity index (χ2v) is 7.01. The molecule has 6 nitrogen and oxygen atoms in total. The highest BCUT2D eigenvalue weighted by molar-refractivity contribution is 7.09. The Morgan fingerprint density at radius 3 is 2.52 bits per heavy atom. The fourth-order valence-electron chi connectivity index (χ4n) is 2.83. The summed E-state index contributed by atoms with van der Waals surface area (Å²) in [6.45, 7) is 2.42. The summed E-state index contributed by atoms with van der Waals surface area (Å²) in [6.07, 6.45) is 3.37. The van der Waals surface area contributed by atoms with Gasteiger partial charge in [-0.05, 0) is 37.0 Å². The standard InChI is InChI=1S/C18H22N4O2S/c19-10-16-21-15(12-25-16)17(23)20-11-13-4-6-14(7-5-13)18(24)22-8-2-1-3-9-22/h4-7,12H,1-3,8-11,19H2,(H,20,23). The maximum atomic E-state index is 12.4. The van der Waals surface area contributed by atoms with Crippen LogP contribution in [-0.4, -0.2) is 34.8 Å². The van der Waals surface area contributed by atoms with E-state index in [0.29, 0.717) is 24.3 Å². The molecule has 2 amide bonds. The third kappa shape index (κ3) is 4.43. The van der Waals surface area contributed by atoms with Gasteiger partial charge in [-0.3, -0.25) is 9.59 Å². The molecule has 1 fully saturated rings. The van der Waals surface area contributed by atoms with Crippen molar-refractivity contribution in [2.75, 3.05) is 13.1 Å². The zero-order chi connectivity index (χ0) is 17.6. The van der Waals surface area contributed by atoms with Crippen LogP contribution >= 0.6 is 11.3 Å². The Bertz CT molecular complexity index is 736. The Morgan fingerprint density at radius 1 is 1.16 bits per heavy atom. The van der Waals surface area contributed by atoms with Crippen molar-refractivity contribution in [2.45, 2.75) is 32.4 Å². The molecule has 0 saturated carbocycles. The number of hydrogen-bond acceptors (Lipinski definition) is 5. The molecule has 1 aliphatic heterocycles. The molecule has 0 spiro atoms. The number of hydrogen-bond donors (Lipinski definition) is 2. The van der Waals surface area contributed by atoms with Gasteiger partial charge in [-0.15, -0.1) is 11.3 Å². The topological polar surface area (TPSA) is 88.3 Å². The van der Waals surface area contributed by atoms with Crippen LogP contribution in [0.2, 0.25) is 0 Å². The first-order chi connectivity index (χ1) is 12.2. The number of amides is 2. The van der Waals surface area contributed by atoms with Crippen LogP contribution in [0, 0.1) is 0 Å². The molecule has 2 aromatic rings. The SMILES string of the molecule is NCc1nc(C(=O)NCc2ccc(C(=O)N3CCCCC3)cc2)cs1. The van der Waals surface area contributed by atoms with Crippen LogP contribution in [0.15, 0.2) is 29.6 Å². The van der Waals surface area contributed by atoms with E-state index in [2.05, 4.69) is 10.3 Å². The number of nitrogens with zero attached hydrogens (tertiary/aromatic N) is 2. The second kappa shape index (κ2) is 8.22. The Kier molecular flexibility index (Phi) is 5.78. The van der Waals surface area contributed by atoms with Crippen LogP contribution in [0.5, 0.6) is 0 Å². The van der Waals surface area contributed by atoms with E-state index in [-0.39, 0.29) is 11.8 Å². The molecule has 1 aromatic carbocycles.